The summed E-state index contributed by atoms with van der Waals surface area (Å²) in [6, 6.07) is 25.2. The number of ether oxygens (including phenoxy) is 3. The Hall–Kier alpha value is -5.00. The molecule has 222 valence electrons. The Morgan fingerprint density at radius 2 is 1.53 bits per heavy atom. The van der Waals surface area contributed by atoms with Crippen LogP contribution in [0.25, 0.3) is 11.2 Å². The Kier molecular flexibility index (Phi) is 8.84. The van der Waals surface area contributed by atoms with Gasteiger partial charge in [0.25, 0.3) is 5.56 Å². The second-order valence-corrected chi connectivity index (χ2v) is 10.1. The van der Waals surface area contributed by atoms with Gasteiger partial charge in [-0.2, -0.15) is 4.98 Å². The number of H-pyrrole nitrogens is 1. The van der Waals surface area contributed by atoms with Gasteiger partial charge in [0.05, 0.1) is 46.1 Å². The first-order valence-electron chi connectivity index (χ1n) is 13.7. The van der Waals surface area contributed by atoms with Gasteiger partial charge < -0.3 is 28.8 Å². The van der Waals surface area contributed by atoms with E-state index in [0.29, 0.717) is 17.1 Å². The van der Waals surface area contributed by atoms with Crippen molar-refractivity contribution < 1.29 is 19.3 Å². The molecule has 0 saturated carbocycles. The summed E-state index contributed by atoms with van der Waals surface area (Å²) in [4.78, 5) is 29.8. The Morgan fingerprint density at radius 1 is 0.953 bits per heavy atom. The normalized spacial score (nSPS) is 12.5. The number of aromatic amines is 1. The summed E-state index contributed by atoms with van der Waals surface area (Å²) in [5.41, 5.74) is 1.55. The van der Waals surface area contributed by atoms with Gasteiger partial charge in [-0.05, 0) is 41.0 Å². The molecule has 0 fully saturated rings. The summed E-state index contributed by atoms with van der Waals surface area (Å²) in [6.07, 6.45) is 2.04. The van der Waals surface area contributed by atoms with Crippen LogP contribution in [0.4, 0.5) is 5.95 Å². The molecule has 0 amide bonds. The van der Waals surface area contributed by atoms with Crippen LogP contribution in [0.15, 0.2) is 95.0 Å². The monoisotopic (exact) mass is 582 g/mol. The van der Waals surface area contributed by atoms with Gasteiger partial charge >= 0.3 is 0 Å². The number of fused-ring (bicyclic) bond motifs is 1. The van der Waals surface area contributed by atoms with Crippen molar-refractivity contribution in [3.05, 3.63) is 112 Å². The Labute approximate surface area is 249 Å². The van der Waals surface area contributed by atoms with Crippen molar-refractivity contribution in [2.24, 2.45) is 4.99 Å². The van der Waals surface area contributed by atoms with E-state index in [4.69, 9.17) is 14.2 Å². The second kappa shape index (κ2) is 12.9. The zero-order valence-electron chi connectivity index (χ0n) is 24.5. The molecule has 0 aliphatic heterocycles. The average molecular weight is 583 g/mol. The number of hydrogen-bond donors (Lipinski definition) is 2. The van der Waals surface area contributed by atoms with Gasteiger partial charge in [-0.1, -0.05) is 54.6 Å². The molecule has 3 aromatic carbocycles. The fourth-order valence-electron chi connectivity index (χ4n) is 4.88. The predicted molar refractivity (Wildman–Crippen MR) is 164 cm³/mol. The Balaban J connectivity index is 1.51. The van der Waals surface area contributed by atoms with Crippen molar-refractivity contribution in [2.45, 2.75) is 18.2 Å². The van der Waals surface area contributed by atoms with Crippen molar-refractivity contribution in [3.8, 4) is 11.5 Å². The summed E-state index contributed by atoms with van der Waals surface area (Å²) in [6.45, 7) is 0.0291. The van der Waals surface area contributed by atoms with Crippen LogP contribution in [0.5, 0.6) is 11.5 Å². The lowest BCUT2D eigenvalue weighted by molar-refractivity contribution is -0.0421. The first kappa shape index (κ1) is 29.5. The lowest BCUT2D eigenvalue weighted by Gasteiger charge is -2.36. The predicted octanol–water partition coefficient (Wildman–Crippen LogP) is 3.73. The molecule has 2 aromatic heterocycles. The van der Waals surface area contributed by atoms with Crippen molar-refractivity contribution in [1.82, 2.24) is 24.4 Å². The highest BCUT2D eigenvalue weighted by Gasteiger charge is 2.38. The number of methoxy groups -OCH3 is 2. The van der Waals surface area contributed by atoms with Crippen LogP contribution in [0.2, 0.25) is 0 Å². The molecule has 11 nitrogen and oxygen atoms in total. The van der Waals surface area contributed by atoms with E-state index >= 15 is 0 Å². The highest BCUT2D eigenvalue weighted by molar-refractivity contribution is 5.71. The zero-order chi connectivity index (χ0) is 30.4. The third-order valence-corrected chi connectivity index (χ3v) is 6.95. The number of hydrogen-bond acceptors (Lipinski definition) is 8. The van der Waals surface area contributed by atoms with Crippen LogP contribution in [0.1, 0.15) is 16.7 Å². The highest BCUT2D eigenvalue weighted by atomic mass is 16.5. The summed E-state index contributed by atoms with van der Waals surface area (Å²) in [5, 5.41) is 11.3. The van der Waals surface area contributed by atoms with Crippen molar-refractivity contribution in [3.63, 3.8) is 0 Å². The third kappa shape index (κ3) is 6.27. The molecule has 2 heterocycles. The van der Waals surface area contributed by atoms with Crippen molar-refractivity contribution in [2.75, 3.05) is 34.9 Å². The fraction of sp³-hybridized carbons (Fsp3) is 0.250. The summed E-state index contributed by atoms with van der Waals surface area (Å²) >= 11 is 0. The van der Waals surface area contributed by atoms with E-state index in [2.05, 4.69) is 19.9 Å². The smallest absolute Gasteiger partial charge is 0.280 e. The Morgan fingerprint density at radius 3 is 2.09 bits per heavy atom. The molecule has 0 aliphatic carbocycles. The maximum Gasteiger partial charge on any atom is 0.280 e. The SMILES string of the molecule is COc1ccc(C(OC[C@@H](O)Cn2cnc3c(=O)[nH]c(/N=C/N(C)C)nc32)(c2ccccc2)c2ccc(OC)cc2)cc1. The number of nitrogens with zero attached hydrogens (tertiary/aromatic N) is 5. The van der Waals surface area contributed by atoms with Crippen LogP contribution in [0, 0.1) is 0 Å². The minimum atomic E-state index is -1.08. The molecule has 2 N–H and O–H groups in total. The lowest BCUT2D eigenvalue weighted by atomic mass is 9.80. The number of aliphatic imine (C=N–C) groups is 1. The third-order valence-electron chi connectivity index (χ3n) is 6.95. The molecular weight excluding hydrogens is 548 g/mol. The molecule has 11 heteroatoms. The van der Waals surface area contributed by atoms with Crippen LogP contribution < -0.4 is 15.0 Å². The molecule has 0 bridgehead atoms. The van der Waals surface area contributed by atoms with Crippen molar-refractivity contribution >= 4 is 23.5 Å². The maximum absolute atomic E-state index is 12.6. The van der Waals surface area contributed by atoms with E-state index < -0.39 is 17.3 Å². The molecule has 0 saturated heterocycles. The minimum absolute atomic E-state index is 0.0541. The molecular formula is C32H34N6O5. The maximum atomic E-state index is 12.6. The standard InChI is InChI=1S/C32H34N6O5/c1-37(2)20-34-31-35-29-28(30(40)36-31)33-21-38(29)18-25(39)19-43-32(22-8-6-5-7-9-22,23-10-14-26(41-3)15-11-23)24-12-16-27(42-4)17-13-24/h5-17,20-21,25,39H,18-19H2,1-4H3,(H,35,36,40)/b34-20+/t25-/m0/s1. The van der Waals surface area contributed by atoms with Crippen LogP contribution in [-0.2, 0) is 16.9 Å². The van der Waals surface area contributed by atoms with E-state index in [9.17, 15) is 9.90 Å². The quantitative estimate of drug-likeness (QED) is 0.129. The summed E-state index contributed by atoms with van der Waals surface area (Å²) < 4.78 is 19.2. The van der Waals surface area contributed by atoms with E-state index in [1.165, 1.54) is 12.7 Å². The first-order valence-corrected chi connectivity index (χ1v) is 13.7. The number of aliphatic hydroxyl groups is 1. The number of aliphatic hydroxyl groups excluding tert-OH is 1. The van der Waals surface area contributed by atoms with Gasteiger partial charge in [-0.15, -0.1) is 0 Å². The van der Waals surface area contributed by atoms with E-state index in [0.717, 1.165) is 16.7 Å². The van der Waals surface area contributed by atoms with Gasteiger partial charge in [0.1, 0.15) is 17.1 Å². The zero-order valence-corrected chi connectivity index (χ0v) is 24.5. The van der Waals surface area contributed by atoms with Gasteiger partial charge in [0.15, 0.2) is 11.2 Å². The second-order valence-electron chi connectivity index (χ2n) is 10.1. The number of imidazole rings is 1. The average Bonchev–Trinajstić information content (AvgIpc) is 3.44. The molecule has 5 rings (SSSR count). The highest BCUT2D eigenvalue weighted by Crippen LogP contribution is 2.41. The van der Waals surface area contributed by atoms with Crippen LogP contribution in [-0.4, -0.2) is 76.9 Å². The van der Waals surface area contributed by atoms with Gasteiger partial charge in [-0.3, -0.25) is 9.78 Å². The molecule has 0 radical (unpaired) electrons. The van der Waals surface area contributed by atoms with Gasteiger partial charge in [-0.25, -0.2) is 9.98 Å². The largest absolute Gasteiger partial charge is 0.497 e. The topological polar surface area (TPSA) is 127 Å². The number of rotatable bonds is 12. The number of aromatic nitrogens is 4. The summed E-state index contributed by atoms with van der Waals surface area (Å²) in [7, 11) is 6.87. The van der Waals surface area contributed by atoms with Crippen molar-refractivity contribution in [1.29, 1.82) is 0 Å². The van der Waals surface area contributed by atoms with Gasteiger partial charge in [0.2, 0.25) is 5.95 Å². The summed E-state index contributed by atoms with van der Waals surface area (Å²) in [5.74, 6) is 1.56. The van der Waals surface area contributed by atoms with Crippen LogP contribution in [0.3, 0.4) is 0 Å². The Bertz CT molecular complexity index is 1680. The van der Waals surface area contributed by atoms with E-state index in [1.807, 2.05) is 93.0 Å². The molecule has 1 atom stereocenters. The van der Waals surface area contributed by atoms with Gasteiger partial charge in [0, 0.05) is 14.1 Å². The number of nitrogens with one attached hydrogen (secondary N) is 1. The van der Waals surface area contributed by atoms with E-state index in [1.54, 1.807) is 23.7 Å². The van der Waals surface area contributed by atoms with E-state index in [-0.39, 0.29) is 24.6 Å². The fourth-order valence-corrected chi connectivity index (χ4v) is 4.88. The van der Waals surface area contributed by atoms with Crippen LogP contribution >= 0.6 is 0 Å². The number of benzene rings is 3. The minimum Gasteiger partial charge on any atom is -0.497 e. The molecule has 0 aliphatic rings. The molecule has 0 spiro atoms. The lowest BCUT2D eigenvalue weighted by Crippen LogP contribution is -2.36. The first-order chi connectivity index (χ1) is 20.8. The molecule has 5 aromatic rings. The molecule has 0 unspecified atom stereocenters. The molecule has 43 heavy (non-hydrogen) atoms.